The first-order valence-corrected chi connectivity index (χ1v) is 0. The van der Waals surface area contributed by atoms with E-state index < -0.39 is 0 Å². The van der Waals surface area contributed by atoms with E-state index in [2.05, 4.69) is 0 Å². The van der Waals surface area contributed by atoms with Crippen molar-refractivity contribution >= 4 is 0 Å². The van der Waals surface area contributed by atoms with Crippen LogP contribution in [0.1, 0.15) is 0 Å². The molecule has 0 saturated carbocycles. The van der Waals surface area contributed by atoms with Crippen LogP contribution >= 0.6 is 0 Å². The van der Waals surface area contributed by atoms with Gasteiger partial charge >= 0.3 is 34.1 Å². The fourth-order valence-electron chi connectivity index (χ4n) is 0. The van der Waals surface area contributed by atoms with E-state index in [1.807, 2.05) is 0 Å². The van der Waals surface area contributed by atoms with Crippen molar-refractivity contribution in [1.82, 2.24) is 0 Å². The molecule has 0 spiro atoms. The summed E-state index contributed by atoms with van der Waals surface area (Å²) >= 11 is 0. The molecule has 0 fully saturated rings. The van der Waals surface area contributed by atoms with Crippen molar-refractivity contribution in [1.29, 1.82) is 0 Å². The molecular formula is Br3Cl3Fe2. The number of halogens is 6. The molecule has 0 aliphatic carbocycles. The molecule has 2 radical (unpaired) electrons. The van der Waals surface area contributed by atoms with Crippen LogP contribution in [0.2, 0.25) is 0 Å². The van der Waals surface area contributed by atoms with Crippen LogP contribution in [0.5, 0.6) is 0 Å². The molecule has 0 nitrogen and oxygen atoms in total. The molecule has 0 amide bonds. The summed E-state index contributed by atoms with van der Waals surface area (Å²) < 4.78 is 0. The fourth-order valence-corrected chi connectivity index (χ4v) is 0. The van der Waals surface area contributed by atoms with E-state index >= 15 is 0 Å². The molecule has 0 aliphatic rings. The second kappa shape index (κ2) is 80.6. The van der Waals surface area contributed by atoms with Gasteiger partial charge in [0, 0.05) is 0 Å². The summed E-state index contributed by atoms with van der Waals surface area (Å²) in [6, 6.07) is 0. The Morgan fingerprint density at radius 1 is 0.375 bits per heavy atom. The number of hydrogen-bond acceptors (Lipinski definition) is 0. The zero-order valence-corrected chi connectivity index (χ0v) is 12.2. The molecule has 58 valence electrons. The van der Waals surface area contributed by atoms with Crippen LogP contribution in [0.4, 0.5) is 0 Å². The van der Waals surface area contributed by atoms with Crippen molar-refractivity contribution in [2.24, 2.45) is 0 Å². The van der Waals surface area contributed by atoms with E-state index in [1.165, 1.54) is 0 Å². The molecule has 0 saturated heterocycles. The second-order valence-corrected chi connectivity index (χ2v) is 0. The van der Waals surface area contributed by atoms with E-state index in [1.54, 1.807) is 0 Å². The monoisotopic (exact) mass is 454 g/mol. The van der Waals surface area contributed by atoms with E-state index in [9.17, 15) is 0 Å². The van der Waals surface area contributed by atoms with E-state index in [0.29, 0.717) is 0 Å². The Labute approximate surface area is 121 Å². The van der Waals surface area contributed by atoms with Gasteiger partial charge in [0.25, 0.3) is 0 Å². The van der Waals surface area contributed by atoms with Gasteiger partial charge in [-0.05, 0) is 0 Å². The smallest absolute Gasteiger partial charge is 1.00 e. The Balaban J connectivity index is 0. The average Bonchev–Trinajstić information content (AvgIpc) is 0. The Kier molecular flexibility index (Phi) is 1090. The predicted molar refractivity (Wildman–Crippen MR) is 0 cm³/mol. The van der Waals surface area contributed by atoms with Crippen LogP contribution in [0.25, 0.3) is 0 Å². The third-order valence-corrected chi connectivity index (χ3v) is 0. The largest absolute Gasteiger partial charge is 3.00 e. The van der Waals surface area contributed by atoms with Crippen LogP contribution in [0.3, 0.4) is 0 Å². The molecule has 8 heavy (non-hydrogen) atoms. The van der Waals surface area contributed by atoms with Crippen LogP contribution in [0.15, 0.2) is 0 Å². The first kappa shape index (κ1) is 108. The van der Waals surface area contributed by atoms with Crippen LogP contribution in [0, 0.1) is 0 Å². The number of rotatable bonds is 0. The molecule has 0 aliphatic heterocycles. The predicted octanol–water partition coefficient (Wildman–Crippen LogP) is -18.0. The van der Waals surface area contributed by atoms with E-state index in [0.717, 1.165) is 0 Å². The normalized spacial score (nSPS) is 0. The molecule has 0 atom stereocenters. The molecule has 0 unspecified atom stereocenters. The Morgan fingerprint density at radius 2 is 0.375 bits per heavy atom. The van der Waals surface area contributed by atoms with E-state index in [-0.39, 0.29) is 122 Å². The quantitative estimate of drug-likeness (QED) is 0.317. The van der Waals surface area contributed by atoms with Gasteiger partial charge in [0.2, 0.25) is 0 Å². The van der Waals surface area contributed by atoms with Crippen molar-refractivity contribution in [2.45, 2.75) is 0 Å². The summed E-state index contributed by atoms with van der Waals surface area (Å²) in [4.78, 5) is 0. The summed E-state index contributed by atoms with van der Waals surface area (Å²) in [5.41, 5.74) is 0. The summed E-state index contributed by atoms with van der Waals surface area (Å²) in [6.45, 7) is 0. The minimum Gasteiger partial charge on any atom is -1.00 e. The van der Waals surface area contributed by atoms with Gasteiger partial charge in [-0.3, -0.25) is 0 Å². The average molecular weight is 458 g/mol. The Morgan fingerprint density at radius 3 is 0.375 bits per heavy atom. The van der Waals surface area contributed by atoms with Gasteiger partial charge in [-0.15, -0.1) is 0 Å². The topological polar surface area (TPSA) is 0 Å². The van der Waals surface area contributed by atoms with Gasteiger partial charge in [0.1, 0.15) is 0 Å². The molecule has 0 rings (SSSR count). The molecule has 0 aromatic carbocycles. The van der Waals surface area contributed by atoms with Crippen molar-refractivity contribution in [3.63, 3.8) is 0 Å². The van der Waals surface area contributed by atoms with Crippen molar-refractivity contribution < 1.29 is 122 Å². The van der Waals surface area contributed by atoms with Gasteiger partial charge in [-0.25, -0.2) is 0 Å². The SMILES string of the molecule is [Br-].[Br-].[Br-].[Cl-].[Cl-].[Cl-].[Fe+3].[Fe+3]. The van der Waals surface area contributed by atoms with Crippen molar-refractivity contribution in [3.05, 3.63) is 0 Å². The summed E-state index contributed by atoms with van der Waals surface area (Å²) in [5, 5.41) is 0. The van der Waals surface area contributed by atoms with Gasteiger partial charge in [0.15, 0.2) is 0 Å². The minimum atomic E-state index is 0. The second-order valence-electron chi connectivity index (χ2n) is 0. The summed E-state index contributed by atoms with van der Waals surface area (Å²) in [7, 11) is 0. The number of hydrogen-bond donors (Lipinski definition) is 0. The van der Waals surface area contributed by atoms with Crippen LogP contribution in [-0.2, 0) is 34.1 Å². The standard InChI is InChI=1S/3BrH.3ClH.2Fe/h6*1H;;/q;;;;;;2*+3/p-6. The maximum absolute atomic E-state index is 0. The van der Waals surface area contributed by atoms with Crippen LogP contribution in [-0.4, -0.2) is 0 Å². The molecular weight excluding hydrogens is 458 g/mol. The third kappa shape index (κ3) is 58.1. The molecule has 0 N–H and O–H groups in total. The Bertz CT molecular complexity index is 12.5. The fraction of sp³-hybridized carbons (Fsp3) is 0. The first-order chi connectivity index (χ1) is 0. The van der Waals surface area contributed by atoms with Gasteiger partial charge in [-0.1, -0.05) is 0 Å². The van der Waals surface area contributed by atoms with E-state index in [4.69, 9.17) is 0 Å². The molecule has 0 aromatic rings. The van der Waals surface area contributed by atoms with Gasteiger partial charge < -0.3 is 88.2 Å². The third-order valence-electron chi connectivity index (χ3n) is 0. The molecule has 0 aromatic heterocycles. The maximum atomic E-state index is 0. The minimum absolute atomic E-state index is 0. The molecule has 0 bridgehead atoms. The van der Waals surface area contributed by atoms with Crippen molar-refractivity contribution in [3.8, 4) is 0 Å². The Hall–Kier alpha value is 3.35. The zero-order chi connectivity index (χ0) is 0. The zero-order valence-electron chi connectivity index (χ0n) is 2.97. The van der Waals surface area contributed by atoms with Gasteiger partial charge in [0.05, 0.1) is 0 Å². The summed E-state index contributed by atoms with van der Waals surface area (Å²) in [5.74, 6) is 0. The first-order valence-electron chi connectivity index (χ1n) is 0. The summed E-state index contributed by atoms with van der Waals surface area (Å²) in [6.07, 6.45) is 0. The van der Waals surface area contributed by atoms with Gasteiger partial charge in [-0.2, -0.15) is 0 Å². The molecule has 0 heterocycles. The van der Waals surface area contributed by atoms with Crippen LogP contribution < -0.4 is 88.2 Å². The molecule has 8 heteroatoms. The van der Waals surface area contributed by atoms with Crippen molar-refractivity contribution in [2.75, 3.05) is 0 Å². The maximum Gasteiger partial charge on any atom is 3.00 e.